The van der Waals surface area contributed by atoms with Crippen molar-refractivity contribution < 1.29 is 14.2 Å². The van der Waals surface area contributed by atoms with Gasteiger partial charge in [-0.25, -0.2) is 0 Å². The normalized spacial score (nSPS) is 16.4. The molecule has 40 heavy (non-hydrogen) atoms. The van der Waals surface area contributed by atoms with Crippen LogP contribution in [0.15, 0.2) is 116 Å². The maximum absolute atomic E-state index is 6.06. The highest BCUT2D eigenvalue weighted by Gasteiger charge is 2.42. The van der Waals surface area contributed by atoms with E-state index in [0.717, 1.165) is 45.8 Å². The number of hydrogen-bond acceptors (Lipinski definition) is 5. The van der Waals surface area contributed by atoms with Gasteiger partial charge in [-0.15, -0.1) is 0 Å². The molecule has 1 saturated heterocycles. The van der Waals surface area contributed by atoms with E-state index in [0.29, 0.717) is 5.11 Å². The number of pyridine rings is 1. The number of anilines is 1. The first-order chi connectivity index (χ1) is 19.6. The number of ether oxygens (including phenoxy) is 3. The van der Waals surface area contributed by atoms with Crippen LogP contribution in [0.3, 0.4) is 0 Å². The molecule has 200 valence electrons. The van der Waals surface area contributed by atoms with Crippen molar-refractivity contribution in [3.05, 3.63) is 127 Å². The van der Waals surface area contributed by atoms with Gasteiger partial charge in [0, 0.05) is 29.5 Å². The zero-order chi connectivity index (χ0) is 27.5. The van der Waals surface area contributed by atoms with Crippen LogP contribution >= 0.6 is 12.2 Å². The van der Waals surface area contributed by atoms with E-state index in [9.17, 15) is 0 Å². The number of benzene rings is 3. The standard InChI is InChI=1S/C32H28N4O3S/c1-37-24-12-8-22(9-13-24)35-21-5-7-29(35)31-30(28-6-3-4-20-33-28)34-32(40)36(31)23-10-14-26(15-11-23)39-27-18-16-25(38-2)17-19-27/h3-21,30-31H,1-2H3,(H,34,40)/t30-,31+/m1/s1. The predicted octanol–water partition coefficient (Wildman–Crippen LogP) is 6.86. The zero-order valence-corrected chi connectivity index (χ0v) is 22.9. The number of rotatable bonds is 8. The summed E-state index contributed by atoms with van der Waals surface area (Å²) in [5.41, 5.74) is 3.97. The van der Waals surface area contributed by atoms with Gasteiger partial charge in [-0.2, -0.15) is 0 Å². The molecule has 3 aromatic carbocycles. The molecule has 0 unspecified atom stereocenters. The average molecular weight is 549 g/mol. The molecule has 7 nitrogen and oxygen atoms in total. The first-order valence-corrected chi connectivity index (χ1v) is 13.3. The van der Waals surface area contributed by atoms with Crippen LogP contribution in [0.25, 0.3) is 5.69 Å². The minimum atomic E-state index is -0.159. The molecule has 6 rings (SSSR count). The third-order valence-electron chi connectivity index (χ3n) is 6.94. The van der Waals surface area contributed by atoms with Crippen LogP contribution in [0.2, 0.25) is 0 Å². The number of thiocarbonyl (C=S) groups is 1. The lowest BCUT2D eigenvalue weighted by molar-refractivity contribution is 0.413. The fourth-order valence-corrected chi connectivity index (χ4v) is 5.35. The maximum atomic E-state index is 6.06. The average Bonchev–Trinajstić information content (AvgIpc) is 3.63. The number of hydrogen-bond donors (Lipinski definition) is 1. The first-order valence-electron chi connectivity index (χ1n) is 12.9. The number of aromatic nitrogens is 2. The summed E-state index contributed by atoms with van der Waals surface area (Å²) in [6.45, 7) is 0. The highest BCUT2D eigenvalue weighted by atomic mass is 32.1. The molecule has 0 spiro atoms. The largest absolute Gasteiger partial charge is 0.497 e. The van der Waals surface area contributed by atoms with Crippen molar-refractivity contribution in [2.45, 2.75) is 12.1 Å². The second-order valence-corrected chi connectivity index (χ2v) is 9.66. The SMILES string of the molecule is COc1ccc(Oc2ccc(N3C(=S)N[C@H](c4ccccn4)[C@@H]3c3cccn3-c3ccc(OC)cc3)cc2)cc1. The van der Waals surface area contributed by atoms with Gasteiger partial charge in [-0.05, 0) is 109 Å². The first kappa shape index (κ1) is 25.5. The Kier molecular flexibility index (Phi) is 7.08. The maximum Gasteiger partial charge on any atom is 0.174 e. The lowest BCUT2D eigenvalue weighted by Gasteiger charge is -2.29. The van der Waals surface area contributed by atoms with Crippen LogP contribution in [0, 0.1) is 0 Å². The van der Waals surface area contributed by atoms with Crippen LogP contribution in [0.1, 0.15) is 23.5 Å². The molecule has 5 aromatic rings. The molecule has 1 aliphatic heterocycles. The highest BCUT2D eigenvalue weighted by Crippen LogP contribution is 2.42. The molecule has 0 saturated carbocycles. The van der Waals surface area contributed by atoms with E-state index in [2.05, 4.69) is 50.2 Å². The van der Waals surface area contributed by atoms with Crippen LogP contribution in [-0.2, 0) is 0 Å². The molecule has 0 amide bonds. The molecule has 1 aliphatic rings. The lowest BCUT2D eigenvalue weighted by Crippen LogP contribution is -2.30. The van der Waals surface area contributed by atoms with Crippen LogP contribution in [0.4, 0.5) is 5.69 Å². The molecule has 1 N–H and O–H groups in total. The van der Waals surface area contributed by atoms with Crippen molar-refractivity contribution in [1.29, 1.82) is 0 Å². The Morgan fingerprint density at radius 3 is 1.93 bits per heavy atom. The molecule has 0 radical (unpaired) electrons. The van der Waals surface area contributed by atoms with E-state index in [1.165, 1.54) is 0 Å². The van der Waals surface area contributed by atoms with Crippen LogP contribution in [0.5, 0.6) is 23.0 Å². The molecule has 3 heterocycles. The van der Waals surface area contributed by atoms with Gasteiger partial charge in [0.2, 0.25) is 0 Å². The predicted molar refractivity (Wildman–Crippen MR) is 160 cm³/mol. The fraction of sp³-hybridized carbons (Fsp3) is 0.125. The number of nitrogens with zero attached hydrogens (tertiary/aromatic N) is 3. The Hall–Kier alpha value is -4.82. The Morgan fingerprint density at radius 2 is 1.30 bits per heavy atom. The smallest absolute Gasteiger partial charge is 0.174 e. The van der Waals surface area contributed by atoms with Crippen LogP contribution in [-0.4, -0.2) is 28.9 Å². The molecular weight excluding hydrogens is 520 g/mol. The van der Waals surface area contributed by atoms with Crippen molar-refractivity contribution >= 4 is 23.0 Å². The summed E-state index contributed by atoms with van der Waals surface area (Å²) in [7, 11) is 3.32. The second kappa shape index (κ2) is 11.1. The summed E-state index contributed by atoms with van der Waals surface area (Å²) in [5.74, 6) is 3.06. The molecule has 1 fully saturated rings. The van der Waals surface area contributed by atoms with Crippen LogP contribution < -0.4 is 24.4 Å². The summed E-state index contributed by atoms with van der Waals surface area (Å²) in [5, 5.41) is 4.17. The van der Waals surface area contributed by atoms with Gasteiger partial charge in [0.15, 0.2) is 5.11 Å². The summed E-state index contributed by atoms with van der Waals surface area (Å²) in [4.78, 5) is 6.83. The number of nitrogens with one attached hydrogen (secondary N) is 1. The minimum Gasteiger partial charge on any atom is -0.497 e. The second-order valence-electron chi connectivity index (χ2n) is 9.27. The topological polar surface area (TPSA) is 60.8 Å². The molecule has 2 aromatic heterocycles. The summed E-state index contributed by atoms with van der Waals surface area (Å²) >= 11 is 5.92. The molecule has 2 atom stereocenters. The summed E-state index contributed by atoms with van der Waals surface area (Å²) in [6.07, 6.45) is 3.88. The number of methoxy groups -OCH3 is 2. The summed E-state index contributed by atoms with van der Waals surface area (Å²) < 4.78 is 18.9. The lowest BCUT2D eigenvalue weighted by atomic mass is 10.0. The summed E-state index contributed by atoms with van der Waals surface area (Å²) in [6, 6.07) is 33.3. The Labute approximate surface area is 238 Å². The van der Waals surface area contributed by atoms with Crippen molar-refractivity contribution in [3.8, 4) is 28.7 Å². The van der Waals surface area contributed by atoms with Gasteiger partial charge in [-0.3, -0.25) is 4.98 Å². The molecule has 0 bridgehead atoms. The third kappa shape index (κ3) is 4.97. The van der Waals surface area contributed by atoms with Gasteiger partial charge in [0.05, 0.1) is 26.0 Å². The third-order valence-corrected chi connectivity index (χ3v) is 7.26. The zero-order valence-electron chi connectivity index (χ0n) is 22.1. The van der Waals surface area contributed by atoms with Crippen molar-refractivity contribution in [3.63, 3.8) is 0 Å². The molecular formula is C32H28N4O3S. The Morgan fingerprint density at radius 1 is 0.700 bits per heavy atom. The van der Waals surface area contributed by atoms with E-state index in [-0.39, 0.29) is 12.1 Å². The Bertz CT molecular complexity index is 1590. The van der Waals surface area contributed by atoms with Gasteiger partial charge in [-0.1, -0.05) is 6.07 Å². The molecule has 0 aliphatic carbocycles. The van der Waals surface area contributed by atoms with E-state index < -0.39 is 0 Å². The van der Waals surface area contributed by atoms with Gasteiger partial charge in [0.25, 0.3) is 0 Å². The van der Waals surface area contributed by atoms with Crippen molar-refractivity contribution in [2.24, 2.45) is 0 Å². The van der Waals surface area contributed by atoms with Gasteiger partial charge < -0.3 is 29.0 Å². The fourth-order valence-electron chi connectivity index (χ4n) is 5.00. The van der Waals surface area contributed by atoms with E-state index >= 15 is 0 Å². The quantitative estimate of drug-likeness (QED) is 0.213. The van der Waals surface area contributed by atoms with E-state index in [1.54, 1.807) is 14.2 Å². The highest BCUT2D eigenvalue weighted by molar-refractivity contribution is 7.80. The van der Waals surface area contributed by atoms with Crippen molar-refractivity contribution in [2.75, 3.05) is 19.1 Å². The Balaban J connectivity index is 1.36. The monoisotopic (exact) mass is 548 g/mol. The van der Waals surface area contributed by atoms with E-state index in [1.807, 2.05) is 85.1 Å². The van der Waals surface area contributed by atoms with Crippen molar-refractivity contribution in [1.82, 2.24) is 14.9 Å². The van der Waals surface area contributed by atoms with Gasteiger partial charge in [0.1, 0.15) is 29.0 Å². The minimum absolute atomic E-state index is 0.157. The molecule has 8 heteroatoms. The van der Waals surface area contributed by atoms with Gasteiger partial charge >= 0.3 is 0 Å². The van der Waals surface area contributed by atoms with E-state index in [4.69, 9.17) is 26.4 Å².